The Morgan fingerprint density at radius 1 is 1.12 bits per heavy atom. The molecule has 0 aliphatic carbocycles. The molecule has 1 saturated heterocycles. The first kappa shape index (κ1) is 14.0. The Morgan fingerprint density at radius 3 is 2.06 bits per heavy atom. The van der Waals surface area contributed by atoms with Crippen molar-refractivity contribution in [1.82, 2.24) is 0 Å². The molecule has 0 saturated carbocycles. The van der Waals surface area contributed by atoms with Gasteiger partial charge in [-0.3, -0.25) is 9.59 Å². The maximum absolute atomic E-state index is 11.0. The molecule has 1 heterocycles. The minimum Gasteiger partial charge on any atom is -0.455 e. The van der Waals surface area contributed by atoms with Gasteiger partial charge in [0, 0.05) is 19.8 Å². The third-order valence-corrected chi connectivity index (χ3v) is 2.84. The fraction of sp³-hybridized carbons (Fsp3) is 0.833. The van der Waals surface area contributed by atoms with E-state index in [4.69, 9.17) is 14.2 Å². The van der Waals surface area contributed by atoms with Gasteiger partial charge in [0.05, 0.1) is 6.10 Å². The van der Waals surface area contributed by atoms with Crippen molar-refractivity contribution < 1.29 is 23.8 Å². The lowest BCUT2D eigenvalue weighted by Crippen LogP contribution is -2.34. The van der Waals surface area contributed by atoms with Crippen LogP contribution in [0.15, 0.2) is 0 Å². The largest absolute Gasteiger partial charge is 0.455 e. The third kappa shape index (κ3) is 3.43. The summed E-state index contributed by atoms with van der Waals surface area (Å²) in [5, 5.41) is 0. The Balaban J connectivity index is 2.79. The lowest BCUT2D eigenvalue weighted by atomic mass is 9.93. The molecule has 1 aliphatic rings. The van der Waals surface area contributed by atoms with Crippen molar-refractivity contribution in [1.29, 1.82) is 0 Å². The van der Waals surface area contributed by atoms with E-state index in [0.717, 1.165) is 0 Å². The van der Waals surface area contributed by atoms with Crippen LogP contribution >= 0.6 is 0 Å². The Bertz CT molecular complexity index is 299. The van der Waals surface area contributed by atoms with Gasteiger partial charge in [0.25, 0.3) is 0 Å². The van der Waals surface area contributed by atoms with E-state index in [9.17, 15) is 9.59 Å². The number of carbonyl (C=O) groups is 2. The van der Waals surface area contributed by atoms with Crippen LogP contribution in [-0.4, -0.2) is 30.4 Å². The van der Waals surface area contributed by atoms with E-state index in [2.05, 4.69) is 0 Å². The zero-order valence-electron chi connectivity index (χ0n) is 10.9. The van der Waals surface area contributed by atoms with Crippen LogP contribution in [0.5, 0.6) is 0 Å². The summed E-state index contributed by atoms with van der Waals surface area (Å²) >= 11 is 0. The minimum absolute atomic E-state index is 0.00301. The summed E-state index contributed by atoms with van der Waals surface area (Å²) in [6.07, 6.45) is -1.40. The highest BCUT2D eigenvalue weighted by molar-refractivity contribution is 5.67. The normalized spacial score (nSPS) is 32.6. The van der Waals surface area contributed by atoms with E-state index in [1.54, 1.807) is 0 Å². The highest BCUT2D eigenvalue weighted by Gasteiger charge is 2.47. The minimum atomic E-state index is -0.793. The molecule has 2 unspecified atom stereocenters. The van der Waals surface area contributed by atoms with Gasteiger partial charge in [0.2, 0.25) is 6.29 Å². The van der Waals surface area contributed by atoms with E-state index in [1.807, 2.05) is 20.8 Å². The van der Waals surface area contributed by atoms with Crippen molar-refractivity contribution in [3.63, 3.8) is 0 Å². The van der Waals surface area contributed by atoms with Crippen LogP contribution in [0.4, 0.5) is 0 Å². The molecular weight excluding hydrogens is 224 g/mol. The second-order valence-electron chi connectivity index (χ2n) is 4.76. The standard InChI is InChI=1S/C12H20O5/c1-6(2)10-7(3)11(15-8(4)13)12(17-10)16-9(5)14/h6-7,10-12H,1-5H3/t7-,10+,11?,12?/m0/s1. The number of hydrogen-bond acceptors (Lipinski definition) is 5. The van der Waals surface area contributed by atoms with Gasteiger partial charge in [-0.1, -0.05) is 20.8 Å². The molecule has 98 valence electrons. The van der Waals surface area contributed by atoms with Crippen molar-refractivity contribution >= 4 is 11.9 Å². The van der Waals surface area contributed by atoms with Gasteiger partial charge in [-0.25, -0.2) is 0 Å². The Labute approximate surface area is 101 Å². The van der Waals surface area contributed by atoms with Crippen LogP contribution in [0, 0.1) is 11.8 Å². The van der Waals surface area contributed by atoms with E-state index in [1.165, 1.54) is 13.8 Å². The molecule has 0 bridgehead atoms. The van der Waals surface area contributed by atoms with Crippen molar-refractivity contribution in [3.05, 3.63) is 0 Å². The van der Waals surface area contributed by atoms with Crippen LogP contribution in [0.3, 0.4) is 0 Å². The molecule has 4 atom stereocenters. The van der Waals surface area contributed by atoms with E-state index < -0.39 is 24.3 Å². The molecule has 17 heavy (non-hydrogen) atoms. The molecule has 0 aromatic heterocycles. The second kappa shape index (κ2) is 5.49. The van der Waals surface area contributed by atoms with Crippen LogP contribution in [0.1, 0.15) is 34.6 Å². The average Bonchev–Trinajstić information content (AvgIpc) is 2.44. The summed E-state index contributed by atoms with van der Waals surface area (Å²) in [6, 6.07) is 0. The number of carbonyl (C=O) groups excluding carboxylic acids is 2. The van der Waals surface area contributed by atoms with Crippen molar-refractivity contribution in [2.24, 2.45) is 11.8 Å². The highest BCUT2D eigenvalue weighted by Crippen LogP contribution is 2.34. The lowest BCUT2D eigenvalue weighted by molar-refractivity contribution is -0.196. The molecule has 0 N–H and O–H groups in total. The predicted molar refractivity (Wildman–Crippen MR) is 60.0 cm³/mol. The molecule has 0 spiro atoms. The smallest absolute Gasteiger partial charge is 0.305 e. The zero-order chi connectivity index (χ0) is 13.2. The molecule has 1 aliphatic heterocycles. The number of hydrogen-bond donors (Lipinski definition) is 0. The van der Waals surface area contributed by atoms with Crippen LogP contribution in [0.25, 0.3) is 0 Å². The van der Waals surface area contributed by atoms with Gasteiger partial charge in [0.1, 0.15) is 0 Å². The van der Waals surface area contributed by atoms with Gasteiger partial charge in [-0.2, -0.15) is 0 Å². The average molecular weight is 244 g/mol. The number of ether oxygens (including phenoxy) is 3. The molecule has 0 aromatic rings. The number of esters is 2. The van der Waals surface area contributed by atoms with Crippen molar-refractivity contribution in [2.75, 3.05) is 0 Å². The van der Waals surface area contributed by atoms with E-state index in [0.29, 0.717) is 0 Å². The van der Waals surface area contributed by atoms with Gasteiger partial charge >= 0.3 is 11.9 Å². The molecule has 0 amide bonds. The zero-order valence-corrected chi connectivity index (χ0v) is 10.9. The fourth-order valence-corrected chi connectivity index (χ4v) is 2.17. The second-order valence-corrected chi connectivity index (χ2v) is 4.76. The first-order valence-corrected chi connectivity index (χ1v) is 5.82. The lowest BCUT2D eigenvalue weighted by Gasteiger charge is -2.20. The molecule has 1 fully saturated rings. The first-order chi connectivity index (χ1) is 7.82. The highest BCUT2D eigenvalue weighted by atomic mass is 16.7. The molecule has 5 heteroatoms. The molecule has 0 radical (unpaired) electrons. The van der Waals surface area contributed by atoms with E-state index >= 15 is 0 Å². The predicted octanol–water partition coefficient (Wildman–Crippen LogP) is 1.50. The van der Waals surface area contributed by atoms with E-state index in [-0.39, 0.29) is 17.9 Å². The summed E-state index contributed by atoms with van der Waals surface area (Å²) in [6.45, 7) is 8.61. The summed E-state index contributed by atoms with van der Waals surface area (Å²) in [4.78, 5) is 22.0. The fourth-order valence-electron chi connectivity index (χ4n) is 2.17. The Morgan fingerprint density at radius 2 is 1.65 bits per heavy atom. The molecule has 1 rings (SSSR count). The van der Waals surface area contributed by atoms with Gasteiger partial charge in [0.15, 0.2) is 6.10 Å². The van der Waals surface area contributed by atoms with Crippen LogP contribution in [-0.2, 0) is 23.8 Å². The molecular formula is C12H20O5. The monoisotopic (exact) mass is 244 g/mol. The van der Waals surface area contributed by atoms with Gasteiger partial charge in [-0.15, -0.1) is 0 Å². The third-order valence-electron chi connectivity index (χ3n) is 2.84. The maximum atomic E-state index is 11.0. The molecule has 5 nitrogen and oxygen atoms in total. The number of rotatable bonds is 3. The summed E-state index contributed by atoms with van der Waals surface area (Å²) in [5.74, 6) is -0.567. The Hall–Kier alpha value is -1.10. The SMILES string of the molecule is CC(=O)OC1O[C@H](C(C)C)[C@H](C)C1OC(C)=O. The summed E-state index contributed by atoms with van der Waals surface area (Å²) in [5.41, 5.74) is 0. The maximum Gasteiger partial charge on any atom is 0.305 e. The van der Waals surface area contributed by atoms with Crippen molar-refractivity contribution in [3.8, 4) is 0 Å². The van der Waals surface area contributed by atoms with Gasteiger partial charge in [-0.05, 0) is 5.92 Å². The summed E-state index contributed by atoms with van der Waals surface area (Å²) < 4.78 is 15.9. The van der Waals surface area contributed by atoms with Crippen molar-refractivity contribution in [2.45, 2.75) is 53.1 Å². The molecule has 0 aromatic carbocycles. The quantitative estimate of drug-likeness (QED) is 0.704. The summed E-state index contributed by atoms with van der Waals surface area (Å²) in [7, 11) is 0. The van der Waals surface area contributed by atoms with Crippen LogP contribution < -0.4 is 0 Å². The first-order valence-electron chi connectivity index (χ1n) is 5.82. The van der Waals surface area contributed by atoms with Crippen LogP contribution in [0.2, 0.25) is 0 Å². The van der Waals surface area contributed by atoms with Gasteiger partial charge < -0.3 is 14.2 Å². The Kier molecular flexibility index (Phi) is 4.51. The topological polar surface area (TPSA) is 61.8 Å².